The molecule has 0 amide bonds. The van der Waals surface area contributed by atoms with Crippen LogP contribution in [0.3, 0.4) is 0 Å². The zero-order chi connectivity index (χ0) is 18.2. The fourth-order valence-corrected chi connectivity index (χ4v) is 2.25. The lowest BCUT2D eigenvalue weighted by molar-refractivity contribution is 0.475. The fourth-order valence-electron chi connectivity index (χ4n) is 2.25. The maximum atomic E-state index is 9.27. The number of hydrogen-bond donors (Lipinski definition) is 2. The average Bonchev–Trinajstić information content (AvgIpc) is 3.16. The first-order chi connectivity index (χ1) is 12.1. The molecule has 0 aliphatic carbocycles. The molecule has 0 unspecified atom stereocenters. The predicted molar refractivity (Wildman–Crippen MR) is 93.5 cm³/mol. The van der Waals surface area contributed by atoms with Crippen molar-refractivity contribution >= 4 is 0 Å². The largest absolute Gasteiger partial charge is 0.508 e. The first-order valence-corrected chi connectivity index (χ1v) is 7.68. The Bertz CT molecular complexity index is 916. The van der Waals surface area contributed by atoms with Crippen molar-refractivity contribution in [1.82, 2.24) is 15.0 Å². The summed E-state index contributed by atoms with van der Waals surface area (Å²) in [5, 5.41) is 27.6. The van der Waals surface area contributed by atoms with Crippen LogP contribution in [0.4, 0.5) is 0 Å². The Kier molecular flexibility index (Phi) is 5.86. The number of aromatic amines is 1. The van der Waals surface area contributed by atoms with E-state index in [1.807, 2.05) is 12.3 Å². The molecule has 0 saturated carbocycles. The molecule has 0 bridgehead atoms. The molecular weight excluding hydrogens is 314 g/mol. The molecule has 0 aliphatic heterocycles. The molecular formula is C19H17N5O. The van der Waals surface area contributed by atoms with E-state index in [1.165, 1.54) is 18.3 Å². The molecule has 6 heteroatoms. The van der Waals surface area contributed by atoms with Gasteiger partial charge >= 0.3 is 0 Å². The summed E-state index contributed by atoms with van der Waals surface area (Å²) in [6.45, 7) is 3.79. The van der Waals surface area contributed by atoms with Crippen LogP contribution >= 0.6 is 0 Å². The van der Waals surface area contributed by atoms with E-state index in [4.69, 9.17) is 5.26 Å². The van der Waals surface area contributed by atoms with Gasteiger partial charge in [-0.15, -0.1) is 0 Å². The van der Waals surface area contributed by atoms with Crippen LogP contribution in [-0.2, 0) is 6.42 Å². The van der Waals surface area contributed by atoms with Crippen molar-refractivity contribution in [2.45, 2.75) is 20.3 Å². The van der Waals surface area contributed by atoms with Crippen LogP contribution in [0, 0.1) is 29.6 Å². The first-order valence-electron chi connectivity index (χ1n) is 7.68. The normalized spacial score (nSPS) is 9.44. The topological polar surface area (TPSA) is 109 Å². The number of nitrogens with one attached hydrogen (secondary N) is 1. The number of aromatic nitrogens is 3. The number of nitriles is 2. The zero-order valence-corrected chi connectivity index (χ0v) is 14.0. The molecule has 0 fully saturated rings. The number of pyridine rings is 1. The van der Waals surface area contributed by atoms with Gasteiger partial charge in [0.25, 0.3) is 0 Å². The van der Waals surface area contributed by atoms with E-state index in [-0.39, 0.29) is 5.75 Å². The van der Waals surface area contributed by atoms with Gasteiger partial charge in [0, 0.05) is 30.6 Å². The predicted octanol–water partition coefficient (Wildman–Crippen LogP) is 3.48. The minimum Gasteiger partial charge on any atom is -0.508 e. The Balaban J connectivity index is 0.000000269. The van der Waals surface area contributed by atoms with E-state index < -0.39 is 0 Å². The van der Waals surface area contributed by atoms with Crippen molar-refractivity contribution in [2.24, 2.45) is 0 Å². The third-order valence-corrected chi connectivity index (χ3v) is 3.55. The van der Waals surface area contributed by atoms with Crippen molar-refractivity contribution in [3.05, 3.63) is 65.5 Å². The zero-order valence-electron chi connectivity index (χ0n) is 14.0. The molecule has 0 spiro atoms. The minimum absolute atomic E-state index is 0.140. The van der Waals surface area contributed by atoms with Gasteiger partial charge in [-0.2, -0.15) is 10.5 Å². The number of aryl methyl sites for hydroxylation is 2. The summed E-state index contributed by atoms with van der Waals surface area (Å²) < 4.78 is 0. The summed E-state index contributed by atoms with van der Waals surface area (Å²) in [5.74, 6) is 1.20. The fraction of sp³-hybridized carbons (Fsp3) is 0.158. The molecule has 0 radical (unpaired) electrons. The molecule has 0 atom stereocenters. The van der Waals surface area contributed by atoms with Crippen molar-refractivity contribution < 1.29 is 5.11 Å². The number of aromatic hydroxyl groups is 1. The van der Waals surface area contributed by atoms with Crippen LogP contribution in [0.2, 0.25) is 0 Å². The molecule has 2 heterocycles. The molecule has 2 aromatic heterocycles. The lowest BCUT2D eigenvalue weighted by Gasteiger charge is -2.08. The van der Waals surface area contributed by atoms with Gasteiger partial charge < -0.3 is 10.1 Å². The lowest BCUT2D eigenvalue weighted by atomic mass is 9.96. The summed E-state index contributed by atoms with van der Waals surface area (Å²) in [5.41, 5.74) is 2.60. The van der Waals surface area contributed by atoms with Gasteiger partial charge in [0.15, 0.2) is 0 Å². The van der Waals surface area contributed by atoms with E-state index in [9.17, 15) is 10.4 Å². The Hall–Kier alpha value is -3.64. The second kappa shape index (κ2) is 8.28. The van der Waals surface area contributed by atoms with E-state index in [0.717, 1.165) is 12.2 Å². The van der Waals surface area contributed by atoms with E-state index in [2.05, 4.69) is 27.9 Å². The standard InChI is InChI=1S/C14H9N3O.C5H8N2/c1-9-13(7-16)14(11(6-15)8-17-9)10-2-4-12(18)5-3-10;1-2-5-6-3-4-7-5/h2-5,8,18H,1H3;3-4H,2H2,1H3,(H,6,7). The van der Waals surface area contributed by atoms with Gasteiger partial charge in [0.05, 0.1) is 16.8 Å². The molecule has 2 N–H and O–H groups in total. The highest BCUT2D eigenvalue weighted by atomic mass is 16.3. The highest BCUT2D eigenvalue weighted by Gasteiger charge is 2.14. The Morgan fingerprint density at radius 3 is 2.32 bits per heavy atom. The summed E-state index contributed by atoms with van der Waals surface area (Å²) in [7, 11) is 0. The molecule has 0 saturated heterocycles. The third-order valence-electron chi connectivity index (χ3n) is 3.55. The smallest absolute Gasteiger partial charge is 0.115 e. The summed E-state index contributed by atoms with van der Waals surface area (Å²) in [6.07, 6.45) is 6.04. The van der Waals surface area contributed by atoms with Gasteiger partial charge in [0.2, 0.25) is 0 Å². The number of benzene rings is 1. The number of H-pyrrole nitrogens is 1. The first kappa shape index (κ1) is 17.7. The highest BCUT2D eigenvalue weighted by Crippen LogP contribution is 2.29. The monoisotopic (exact) mass is 331 g/mol. The number of nitrogens with zero attached hydrogens (tertiary/aromatic N) is 4. The Morgan fingerprint density at radius 2 is 1.84 bits per heavy atom. The van der Waals surface area contributed by atoms with E-state index in [0.29, 0.717) is 27.9 Å². The van der Waals surface area contributed by atoms with Crippen LogP contribution in [0.5, 0.6) is 5.75 Å². The van der Waals surface area contributed by atoms with Crippen molar-refractivity contribution in [3.8, 4) is 29.0 Å². The van der Waals surface area contributed by atoms with Crippen molar-refractivity contribution in [3.63, 3.8) is 0 Å². The Morgan fingerprint density at radius 1 is 1.12 bits per heavy atom. The molecule has 0 aliphatic rings. The molecule has 1 aromatic carbocycles. The van der Waals surface area contributed by atoms with Crippen LogP contribution in [-0.4, -0.2) is 20.1 Å². The third kappa shape index (κ3) is 4.21. The number of imidazole rings is 1. The maximum Gasteiger partial charge on any atom is 0.115 e. The van der Waals surface area contributed by atoms with Crippen LogP contribution < -0.4 is 0 Å². The molecule has 25 heavy (non-hydrogen) atoms. The van der Waals surface area contributed by atoms with Gasteiger partial charge in [-0.3, -0.25) is 4.98 Å². The number of rotatable bonds is 2. The van der Waals surface area contributed by atoms with E-state index in [1.54, 1.807) is 25.3 Å². The summed E-state index contributed by atoms with van der Waals surface area (Å²) >= 11 is 0. The van der Waals surface area contributed by atoms with Gasteiger partial charge in [-0.25, -0.2) is 4.98 Å². The minimum atomic E-state index is 0.140. The quantitative estimate of drug-likeness (QED) is 0.747. The number of hydrogen-bond acceptors (Lipinski definition) is 5. The molecule has 124 valence electrons. The molecule has 6 nitrogen and oxygen atoms in total. The van der Waals surface area contributed by atoms with E-state index >= 15 is 0 Å². The lowest BCUT2D eigenvalue weighted by Crippen LogP contribution is -1.96. The average molecular weight is 331 g/mol. The second-order valence-corrected chi connectivity index (χ2v) is 5.17. The highest BCUT2D eigenvalue weighted by molar-refractivity contribution is 5.77. The Labute approximate surface area is 146 Å². The van der Waals surface area contributed by atoms with Gasteiger partial charge in [-0.1, -0.05) is 19.1 Å². The number of phenolic OH excluding ortho intramolecular Hbond substituents is 1. The van der Waals surface area contributed by atoms with Crippen LogP contribution in [0.1, 0.15) is 29.6 Å². The molecule has 3 aromatic rings. The van der Waals surface area contributed by atoms with Crippen LogP contribution in [0.15, 0.2) is 42.9 Å². The van der Waals surface area contributed by atoms with Crippen molar-refractivity contribution in [1.29, 1.82) is 10.5 Å². The second-order valence-electron chi connectivity index (χ2n) is 5.17. The summed E-state index contributed by atoms with van der Waals surface area (Å²) in [6, 6.07) is 10.5. The number of phenols is 1. The van der Waals surface area contributed by atoms with Crippen molar-refractivity contribution in [2.75, 3.05) is 0 Å². The molecule has 3 rings (SSSR count). The van der Waals surface area contributed by atoms with Gasteiger partial charge in [-0.05, 0) is 24.6 Å². The van der Waals surface area contributed by atoms with Gasteiger partial charge in [0.1, 0.15) is 23.7 Å². The SMILES string of the molecule is CCc1ncc[nH]1.Cc1ncc(C#N)c(-c2ccc(O)cc2)c1C#N. The maximum absolute atomic E-state index is 9.27. The van der Waals surface area contributed by atoms with Crippen LogP contribution in [0.25, 0.3) is 11.1 Å². The summed E-state index contributed by atoms with van der Waals surface area (Å²) in [4.78, 5) is 11.0.